The molecule has 0 unspecified atom stereocenters. The molecule has 6 nitrogen and oxygen atoms in total. The highest BCUT2D eigenvalue weighted by atomic mass is 16.6. The summed E-state index contributed by atoms with van der Waals surface area (Å²) in [6, 6.07) is 0. The average Bonchev–Trinajstić information content (AvgIpc) is 3.22. The van der Waals surface area contributed by atoms with Gasteiger partial charge in [-0.1, -0.05) is 184 Å². The molecule has 334 valence electrons. The van der Waals surface area contributed by atoms with Gasteiger partial charge in [-0.3, -0.25) is 14.4 Å². The van der Waals surface area contributed by atoms with E-state index in [9.17, 15) is 14.4 Å². The SMILES string of the molecule is CCCCC/C=C\C/C=C\C/C=C\CCCCC(=O)OC[C@@H](COC(=O)CCCCCCCCCCCC)OC(=O)CCCCCCC/C=C\C/C=C\CCCCC. The summed E-state index contributed by atoms with van der Waals surface area (Å²) in [5, 5.41) is 0. The summed E-state index contributed by atoms with van der Waals surface area (Å²) in [4.78, 5) is 37.8. The topological polar surface area (TPSA) is 78.9 Å². The monoisotopic (exact) mass is 811 g/mol. The molecule has 0 fully saturated rings. The third-order valence-corrected chi connectivity index (χ3v) is 10.2. The highest BCUT2D eigenvalue weighted by Gasteiger charge is 2.19. The smallest absolute Gasteiger partial charge is 0.306 e. The van der Waals surface area contributed by atoms with Gasteiger partial charge in [-0.25, -0.2) is 0 Å². The summed E-state index contributed by atoms with van der Waals surface area (Å²) in [6.45, 7) is 6.52. The summed E-state index contributed by atoms with van der Waals surface area (Å²) in [5.74, 6) is -0.946. The van der Waals surface area contributed by atoms with E-state index in [0.717, 1.165) is 96.3 Å². The van der Waals surface area contributed by atoms with Crippen LogP contribution in [0.1, 0.15) is 233 Å². The van der Waals surface area contributed by atoms with Crippen LogP contribution in [0, 0.1) is 0 Å². The number of carbonyl (C=O) groups excluding carboxylic acids is 3. The van der Waals surface area contributed by atoms with E-state index in [0.29, 0.717) is 19.3 Å². The molecule has 0 rings (SSSR count). The lowest BCUT2D eigenvalue weighted by molar-refractivity contribution is -0.167. The van der Waals surface area contributed by atoms with Crippen LogP contribution < -0.4 is 0 Å². The Bertz CT molecular complexity index is 1070. The number of rotatable bonds is 43. The highest BCUT2D eigenvalue weighted by molar-refractivity contribution is 5.71. The first-order chi connectivity index (χ1) is 28.5. The van der Waals surface area contributed by atoms with Gasteiger partial charge in [0.25, 0.3) is 0 Å². The summed E-state index contributed by atoms with van der Waals surface area (Å²) in [5.41, 5.74) is 0. The van der Waals surface area contributed by atoms with Crippen LogP contribution in [0.2, 0.25) is 0 Å². The molecule has 0 aliphatic rings. The van der Waals surface area contributed by atoms with Gasteiger partial charge in [0, 0.05) is 19.3 Å². The molecule has 6 heteroatoms. The summed E-state index contributed by atoms with van der Waals surface area (Å²) >= 11 is 0. The molecule has 0 amide bonds. The van der Waals surface area contributed by atoms with E-state index in [1.807, 2.05) is 0 Å². The maximum atomic E-state index is 12.7. The third kappa shape index (κ3) is 44.2. The zero-order chi connectivity index (χ0) is 42.3. The van der Waals surface area contributed by atoms with Gasteiger partial charge in [0.05, 0.1) is 0 Å². The molecule has 0 aromatic heterocycles. The van der Waals surface area contributed by atoms with Crippen molar-refractivity contribution in [3.8, 4) is 0 Å². The zero-order valence-electron chi connectivity index (χ0n) is 38.0. The second-order valence-electron chi connectivity index (χ2n) is 16.0. The van der Waals surface area contributed by atoms with Crippen molar-refractivity contribution >= 4 is 17.9 Å². The normalized spacial score (nSPS) is 12.5. The molecule has 0 heterocycles. The molecule has 0 N–H and O–H groups in total. The van der Waals surface area contributed by atoms with Gasteiger partial charge in [0.2, 0.25) is 0 Å². The lowest BCUT2D eigenvalue weighted by atomic mass is 10.1. The number of hydrogen-bond acceptors (Lipinski definition) is 6. The Morgan fingerprint density at radius 1 is 0.345 bits per heavy atom. The Kier molecular flexibility index (Phi) is 44.5. The standard InChI is InChI=1S/C52H90O6/c1-4-7-10-13-16-19-22-24-26-28-30-33-36-39-42-45-51(54)57-48-49(47-56-50(53)44-41-38-35-32-21-18-15-12-9-6-3)58-52(55)46-43-40-37-34-31-29-27-25-23-20-17-14-11-8-5-2/h16-17,19-20,24-27,30,33,49H,4-15,18,21-23,28-29,31-32,34-48H2,1-3H3/b19-16-,20-17-,26-24-,27-25-,33-30-/t49-/m1/s1. The van der Waals surface area contributed by atoms with Gasteiger partial charge in [-0.2, -0.15) is 0 Å². The molecule has 58 heavy (non-hydrogen) atoms. The van der Waals surface area contributed by atoms with E-state index in [4.69, 9.17) is 14.2 Å². The van der Waals surface area contributed by atoms with E-state index in [1.54, 1.807) is 0 Å². The summed E-state index contributed by atoms with van der Waals surface area (Å²) in [7, 11) is 0. The van der Waals surface area contributed by atoms with E-state index in [-0.39, 0.29) is 31.1 Å². The molecule has 1 atom stereocenters. The first-order valence-electron chi connectivity index (χ1n) is 24.3. The minimum Gasteiger partial charge on any atom is -0.462 e. The van der Waals surface area contributed by atoms with Crippen molar-refractivity contribution < 1.29 is 28.6 Å². The number of ether oxygens (including phenoxy) is 3. The molecule has 0 aromatic rings. The number of esters is 3. The Morgan fingerprint density at radius 3 is 1.03 bits per heavy atom. The van der Waals surface area contributed by atoms with E-state index >= 15 is 0 Å². The molecular formula is C52H90O6. The quantitative estimate of drug-likeness (QED) is 0.0264. The first-order valence-corrected chi connectivity index (χ1v) is 24.3. The molecule has 0 saturated heterocycles. The zero-order valence-corrected chi connectivity index (χ0v) is 38.0. The summed E-state index contributed by atoms with van der Waals surface area (Å²) < 4.78 is 16.7. The third-order valence-electron chi connectivity index (χ3n) is 10.2. The molecule has 0 spiro atoms. The fourth-order valence-corrected chi connectivity index (χ4v) is 6.54. The van der Waals surface area contributed by atoms with Gasteiger partial charge in [-0.05, 0) is 89.9 Å². The van der Waals surface area contributed by atoms with Crippen molar-refractivity contribution in [2.24, 2.45) is 0 Å². The average molecular weight is 811 g/mol. The second kappa shape index (κ2) is 46.8. The number of hydrogen-bond donors (Lipinski definition) is 0. The fourth-order valence-electron chi connectivity index (χ4n) is 6.54. The summed E-state index contributed by atoms with van der Waals surface area (Å²) in [6.07, 6.45) is 56.3. The Hall–Kier alpha value is -2.89. The van der Waals surface area contributed by atoms with Gasteiger partial charge in [-0.15, -0.1) is 0 Å². The molecule has 0 saturated carbocycles. The van der Waals surface area contributed by atoms with Gasteiger partial charge < -0.3 is 14.2 Å². The van der Waals surface area contributed by atoms with Crippen LogP contribution in [0.4, 0.5) is 0 Å². The predicted molar refractivity (Wildman–Crippen MR) is 247 cm³/mol. The predicted octanol–water partition coefficient (Wildman–Crippen LogP) is 15.7. The van der Waals surface area contributed by atoms with E-state index in [1.165, 1.54) is 96.3 Å². The molecule has 0 aromatic carbocycles. The van der Waals surface area contributed by atoms with Crippen LogP contribution in [0.3, 0.4) is 0 Å². The van der Waals surface area contributed by atoms with Gasteiger partial charge in [0.15, 0.2) is 6.10 Å². The Labute approximate surface area is 358 Å². The molecule has 0 aliphatic heterocycles. The maximum absolute atomic E-state index is 12.7. The molecule has 0 aliphatic carbocycles. The minimum atomic E-state index is -0.793. The Balaban J connectivity index is 4.45. The van der Waals surface area contributed by atoms with Crippen LogP contribution in [0.5, 0.6) is 0 Å². The van der Waals surface area contributed by atoms with E-state index < -0.39 is 6.10 Å². The van der Waals surface area contributed by atoms with Crippen LogP contribution in [0.15, 0.2) is 60.8 Å². The highest BCUT2D eigenvalue weighted by Crippen LogP contribution is 2.13. The van der Waals surface area contributed by atoms with Gasteiger partial charge in [0.1, 0.15) is 13.2 Å². The Morgan fingerprint density at radius 2 is 0.621 bits per heavy atom. The lowest BCUT2D eigenvalue weighted by Gasteiger charge is -2.18. The lowest BCUT2D eigenvalue weighted by Crippen LogP contribution is -2.30. The molecular weight excluding hydrogens is 721 g/mol. The van der Waals surface area contributed by atoms with Crippen molar-refractivity contribution in [1.29, 1.82) is 0 Å². The minimum absolute atomic E-state index is 0.0910. The number of unbranched alkanes of at least 4 members (excludes halogenated alkanes) is 22. The van der Waals surface area contributed by atoms with Crippen molar-refractivity contribution in [3.05, 3.63) is 60.8 Å². The first kappa shape index (κ1) is 55.1. The van der Waals surface area contributed by atoms with Crippen LogP contribution >= 0.6 is 0 Å². The van der Waals surface area contributed by atoms with Crippen LogP contribution in [-0.4, -0.2) is 37.2 Å². The van der Waals surface area contributed by atoms with E-state index in [2.05, 4.69) is 81.5 Å². The molecule has 0 radical (unpaired) electrons. The number of carbonyl (C=O) groups is 3. The van der Waals surface area contributed by atoms with Crippen LogP contribution in [0.25, 0.3) is 0 Å². The van der Waals surface area contributed by atoms with Crippen molar-refractivity contribution in [1.82, 2.24) is 0 Å². The van der Waals surface area contributed by atoms with Crippen molar-refractivity contribution in [2.75, 3.05) is 13.2 Å². The second-order valence-corrected chi connectivity index (χ2v) is 16.0. The number of allylic oxidation sites excluding steroid dienone is 10. The maximum Gasteiger partial charge on any atom is 0.306 e. The largest absolute Gasteiger partial charge is 0.462 e. The van der Waals surface area contributed by atoms with Crippen molar-refractivity contribution in [3.63, 3.8) is 0 Å². The van der Waals surface area contributed by atoms with Gasteiger partial charge >= 0.3 is 17.9 Å². The van der Waals surface area contributed by atoms with Crippen molar-refractivity contribution in [2.45, 2.75) is 239 Å². The molecule has 0 bridgehead atoms. The van der Waals surface area contributed by atoms with Crippen LogP contribution in [-0.2, 0) is 28.6 Å². The fraction of sp³-hybridized carbons (Fsp3) is 0.750.